The molecule has 4 nitrogen and oxygen atoms in total. The first kappa shape index (κ1) is 11.5. The summed E-state index contributed by atoms with van der Waals surface area (Å²) in [6.45, 7) is 2.24. The molecule has 4 saturated carbocycles. The highest BCUT2D eigenvalue weighted by Gasteiger charge is 2.65. The first-order chi connectivity index (χ1) is 7.66. The molecule has 0 amide bonds. The maximum absolute atomic E-state index is 11.1. The molecule has 5 N–H and O–H groups in total. The Bertz CT molecular complexity index is 339. The van der Waals surface area contributed by atoms with Crippen LogP contribution in [0, 0.1) is 10.8 Å². The fraction of sp³-hybridized carbons (Fsp3) is 0.923. The number of carboxylic acids is 1. The quantitative estimate of drug-likeness (QED) is 0.675. The van der Waals surface area contributed by atoms with Crippen LogP contribution < -0.4 is 11.5 Å². The number of nitrogens with two attached hydrogens (primary N) is 2. The van der Waals surface area contributed by atoms with Crippen molar-refractivity contribution in [3.05, 3.63) is 0 Å². The molecule has 17 heavy (non-hydrogen) atoms. The lowest BCUT2D eigenvalue weighted by molar-refractivity contribution is -0.156. The number of rotatable bonds is 2. The van der Waals surface area contributed by atoms with Crippen LogP contribution in [0.2, 0.25) is 0 Å². The highest BCUT2D eigenvalue weighted by Crippen LogP contribution is 2.67. The zero-order valence-electron chi connectivity index (χ0n) is 10.5. The number of carboxylic acid groups (broad SMARTS) is 1. The lowest BCUT2D eigenvalue weighted by atomic mass is 9.40. The van der Waals surface area contributed by atoms with Crippen molar-refractivity contribution in [2.24, 2.45) is 22.3 Å². The van der Waals surface area contributed by atoms with Crippen LogP contribution in [0.5, 0.6) is 0 Å². The lowest BCUT2D eigenvalue weighted by Crippen LogP contribution is -2.72. The zero-order chi connectivity index (χ0) is 12.5. The Labute approximate surface area is 102 Å². The van der Waals surface area contributed by atoms with E-state index in [4.69, 9.17) is 16.6 Å². The molecular formula is C13H22N2O2. The molecule has 0 aromatic carbocycles. The number of aliphatic carboxylic acids is 1. The number of hydrogen-bond donors (Lipinski definition) is 3. The van der Waals surface area contributed by atoms with Gasteiger partial charge in [0.2, 0.25) is 0 Å². The largest absolute Gasteiger partial charge is 0.481 e. The van der Waals surface area contributed by atoms with Gasteiger partial charge in [-0.3, -0.25) is 4.79 Å². The molecule has 2 unspecified atom stereocenters. The van der Waals surface area contributed by atoms with Crippen molar-refractivity contribution in [2.45, 2.75) is 62.9 Å². The van der Waals surface area contributed by atoms with Crippen molar-refractivity contribution in [1.29, 1.82) is 0 Å². The van der Waals surface area contributed by atoms with Gasteiger partial charge in [0.15, 0.2) is 0 Å². The van der Waals surface area contributed by atoms with E-state index in [0.29, 0.717) is 0 Å². The molecule has 96 valence electrons. The Hall–Kier alpha value is -0.610. The molecule has 0 aliphatic heterocycles. The van der Waals surface area contributed by atoms with Crippen LogP contribution in [-0.2, 0) is 4.79 Å². The monoisotopic (exact) mass is 238 g/mol. The van der Waals surface area contributed by atoms with E-state index in [2.05, 4.69) is 6.92 Å². The molecule has 4 bridgehead atoms. The van der Waals surface area contributed by atoms with Gasteiger partial charge in [0, 0.05) is 11.1 Å². The maximum atomic E-state index is 11.1. The molecule has 4 heteroatoms. The van der Waals surface area contributed by atoms with E-state index in [-0.39, 0.29) is 28.3 Å². The van der Waals surface area contributed by atoms with Crippen molar-refractivity contribution in [3.63, 3.8) is 0 Å². The summed E-state index contributed by atoms with van der Waals surface area (Å²) >= 11 is 0. The van der Waals surface area contributed by atoms with Crippen LogP contribution in [0.3, 0.4) is 0 Å². The second-order valence-corrected chi connectivity index (χ2v) is 7.67. The number of hydrogen-bond acceptors (Lipinski definition) is 3. The predicted octanol–water partition coefficient (Wildman–Crippen LogP) is 1.23. The fourth-order valence-electron chi connectivity index (χ4n) is 6.06. The van der Waals surface area contributed by atoms with E-state index in [1.165, 1.54) is 0 Å². The average molecular weight is 238 g/mol. The topological polar surface area (TPSA) is 89.3 Å². The normalized spacial score (nSPS) is 56.2. The van der Waals surface area contributed by atoms with Crippen molar-refractivity contribution in [2.75, 3.05) is 0 Å². The molecule has 4 rings (SSSR count). The van der Waals surface area contributed by atoms with Gasteiger partial charge >= 0.3 is 5.97 Å². The van der Waals surface area contributed by atoms with Gasteiger partial charge in [0.05, 0.1) is 6.42 Å². The summed E-state index contributed by atoms with van der Waals surface area (Å²) in [7, 11) is 0. The molecule has 0 aromatic heterocycles. The van der Waals surface area contributed by atoms with E-state index in [9.17, 15) is 4.79 Å². The average Bonchev–Trinajstić information content (AvgIpc) is 1.87. The summed E-state index contributed by atoms with van der Waals surface area (Å²) in [4.78, 5) is 11.1. The summed E-state index contributed by atoms with van der Waals surface area (Å²) in [6, 6.07) is 0. The highest BCUT2D eigenvalue weighted by atomic mass is 16.4. The SMILES string of the molecule is CC12CC3(N)CC(N)(C1)CC(CC(=O)O)(C2)C3. The van der Waals surface area contributed by atoms with Gasteiger partial charge in [-0.1, -0.05) is 6.92 Å². The third-order valence-electron chi connectivity index (χ3n) is 5.04. The Morgan fingerprint density at radius 3 is 2.00 bits per heavy atom. The van der Waals surface area contributed by atoms with Crippen LogP contribution in [0.15, 0.2) is 0 Å². The highest BCUT2D eigenvalue weighted by molar-refractivity contribution is 5.68. The molecule has 0 saturated heterocycles. The van der Waals surface area contributed by atoms with Gasteiger partial charge in [0.25, 0.3) is 0 Å². The maximum Gasteiger partial charge on any atom is 0.303 e. The van der Waals surface area contributed by atoms with Crippen LogP contribution in [0.1, 0.15) is 51.9 Å². The van der Waals surface area contributed by atoms with Crippen LogP contribution in [0.4, 0.5) is 0 Å². The van der Waals surface area contributed by atoms with Crippen LogP contribution >= 0.6 is 0 Å². The molecule has 0 aromatic rings. The van der Waals surface area contributed by atoms with Gasteiger partial charge in [-0.25, -0.2) is 0 Å². The van der Waals surface area contributed by atoms with Gasteiger partial charge in [-0.2, -0.15) is 0 Å². The molecule has 4 fully saturated rings. The lowest BCUT2D eigenvalue weighted by Gasteiger charge is -2.68. The van der Waals surface area contributed by atoms with Crippen molar-refractivity contribution in [3.8, 4) is 0 Å². The second-order valence-electron chi connectivity index (χ2n) is 7.67. The standard InChI is InChI=1S/C13H22N2O2/c1-10-3-11(2-9(16)17)6-12(14,4-10)8-13(15,5-10)7-11/h2-8,14-15H2,1H3,(H,16,17). The van der Waals surface area contributed by atoms with E-state index >= 15 is 0 Å². The molecular weight excluding hydrogens is 216 g/mol. The van der Waals surface area contributed by atoms with Gasteiger partial charge in [0.1, 0.15) is 0 Å². The molecule has 4 aliphatic carbocycles. The first-order valence-electron chi connectivity index (χ1n) is 6.45. The van der Waals surface area contributed by atoms with Gasteiger partial charge < -0.3 is 16.6 Å². The van der Waals surface area contributed by atoms with Crippen molar-refractivity contribution < 1.29 is 9.90 Å². The molecule has 0 spiro atoms. The summed E-state index contributed by atoms with van der Waals surface area (Å²) in [5.74, 6) is -0.706. The predicted molar refractivity (Wildman–Crippen MR) is 64.3 cm³/mol. The van der Waals surface area contributed by atoms with Gasteiger partial charge in [-0.05, 0) is 49.4 Å². The minimum Gasteiger partial charge on any atom is -0.481 e. The molecule has 2 atom stereocenters. The summed E-state index contributed by atoms with van der Waals surface area (Å²) < 4.78 is 0. The van der Waals surface area contributed by atoms with Gasteiger partial charge in [-0.15, -0.1) is 0 Å². The summed E-state index contributed by atoms with van der Waals surface area (Å²) in [6.07, 6.45) is 5.82. The second kappa shape index (κ2) is 2.86. The van der Waals surface area contributed by atoms with E-state index in [1.807, 2.05) is 0 Å². The van der Waals surface area contributed by atoms with Crippen molar-refractivity contribution in [1.82, 2.24) is 0 Å². The minimum absolute atomic E-state index is 0.140. The van der Waals surface area contributed by atoms with E-state index in [1.54, 1.807) is 0 Å². The fourth-order valence-corrected chi connectivity index (χ4v) is 6.06. The molecule has 0 radical (unpaired) electrons. The van der Waals surface area contributed by atoms with Crippen molar-refractivity contribution >= 4 is 5.97 Å². The Morgan fingerprint density at radius 1 is 1.06 bits per heavy atom. The third kappa shape index (κ3) is 1.69. The molecule has 4 aliphatic rings. The van der Waals surface area contributed by atoms with Crippen LogP contribution in [-0.4, -0.2) is 22.2 Å². The summed E-state index contributed by atoms with van der Waals surface area (Å²) in [5, 5.41) is 9.14. The smallest absolute Gasteiger partial charge is 0.303 e. The Kier molecular flexibility index (Phi) is 1.93. The van der Waals surface area contributed by atoms with E-state index < -0.39 is 5.97 Å². The summed E-state index contributed by atoms with van der Waals surface area (Å²) in [5.41, 5.74) is 12.5. The Morgan fingerprint density at radius 2 is 1.59 bits per heavy atom. The zero-order valence-corrected chi connectivity index (χ0v) is 10.5. The third-order valence-corrected chi connectivity index (χ3v) is 5.04. The number of carbonyl (C=O) groups is 1. The Balaban J connectivity index is 2.01. The molecule has 0 heterocycles. The van der Waals surface area contributed by atoms with Crippen LogP contribution in [0.25, 0.3) is 0 Å². The minimum atomic E-state index is -0.706. The first-order valence-corrected chi connectivity index (χ1v) is 6.45. The van der Waals surface area contributed by atoms with E-state index in [0.717, 1.165) is 38.5 Å².